The van der Waals surface area contributed by atoms with E-state index in [4.69, 9.17) is 10.5 Å². The summed E-state index contributed by atoms with van der Waals surface area (Å²) in [5, 5.41) is 0. The molecule has 1 unspecified atom stereocenters. The summed E-state index contributed by atoms with van der Waals surface area (Å²) in [5.41, 5.74) is 5.18. The molecular formula is C12H24N2O2. The highest BCUT2D eigenvalue weighted by Crippen LogP contribution is 2.21. The summed E-state index contributed by atoms with van der Waals surface area (Å²) in [4.78, 5) is 14.1. The van der Waals surface area contributed by atoms with Crippen molar-refractivity contribution in [2.75, 3.05) is 26.2 Å². The van der Waals surface area contributed by atoms with E-state index in [1.54, 1.807) is 0 Å². The summed E-state index contributed by atoms with van der Waals surface area (Å²) in [6.07, 6.45) is 2.29. The fraction of sp³-hybridized carbons (Fsp3) is 0.917. The molecule has 4 nitrogen and oxygen atoms in total. The first-order valence-electron chi connectivity index (χ1n) is 6.12. The number of hydrogen-bond donors (Lipinski definition) is 1. The lowest BCUT2D eigenvalue weighted by atomic mass is 9.90. The zero-order valence-electron chi connectivity index (χ0n) is 10.7. The van der Waals surface area contributed by atoms with Gasteiger partial charge in [0.15, 0.2) is 0 Å². The largest absolute Gasteiger partial charge is 0.377 e. The molecule has 1 atom stereocenters. The maximum Gasteiger partial charge on any atom is 0.229 e. The van der Waals surface area contributed by atoms with Gasteiger partial charge in [-0.15, -0.1) is 0 Å². The van der Waals surface area contributed by atoms with Crippen molar-refractivity contribution in [1.82, 2.24) is 4.90 Å². The van der Waals surface area contributed by atoms with Gasteiger partial charge in [-0.1, -0.05) is 0 Å². The zero-order valence-corrected chi connectivity index (χ0v) is 10.7. The van der Waals surface area contributed by atoms with E-state index >= 15 is 0 Å². The predicted octanol–water partition coefficient (Wildman–Crippen LogP) is 0.999. The molecule has 0 spiro atoms. The lowest BCUT2D eigenvalue weighted by Gasteiger charge is -2.37. The van der Waals surface area contributed by atoms with Crippen LogP contribution >= 0.6 is 0 Å². The van der Waals surface area contributed by atoms with Crippen LogP contribution in [-0.2, 0) is 9.53 Å². The van der Waals surface area contributed by atoms with Crippen molar-refractivity contribution in [1.29, 1.82) is 0 Å². The molecule has 1 fully saturated rings. The average Bonchev–Trinajstić information content (AvgIpc) is 2.29. The number of ether oxygens (including phenoxy) is 1. The van der Waals surface area contributed by atoms with Crippen LogP contribution in [0.3, 0.4) is 0 Å². The highest BCUT2D eigenvalue weighted by Gasteiger charge is 2.33. The SMILES string of the molecule is CCOC1CCCN(C(=O)C(C)(C)CN)C1. The Hall–Kier alpha value is -0.610. The molecule has 2 N–H and O–H groups in total. The lowest BCUT2D eigenvalue weighted by Crippen LogP contribution is -2.50. The molecule has 1 aliphatic rings. The average molecular weight is 228 g/mol. The number of amides is 1. The Balaban J connectivity index is 2.56. The van der Waals surface area contributed by atoms with Crippen LogP contribution in [0.4, 0.5) is 0 Å². The van der Waals surface area contributed by atoms with E-state index < -0.39 is 5.41 Å². The Morgan fingerprint density at radius 2 is 2.25 bits per heavy atom. The maximum atomic E-state index is 12.2. The molecule has 1 rings (SSSR count). The van der Waals surface area contributed by atoms with Crippen LogP contribution in [0.15, 0.2) is 0 Å². The van der Waals surface area contributed by atoms with Crippen molar-refractivity contribution < 1.29 is 9.53 Å². The Morgan fingerprint density at radius 3 is 2.81 bits per heavy atom. The summed E-state index contributed by atoms with van der Waals surface area (Å²) in [6.45, 7) is 8.46. The Kier molecular flexibility index (Phi) is 4.74. The third-order valence-electron chi connectivity index (χ3n) is 3.16. The van der Waals surface area contributed by atoms with Gasteiger partial charge in [0.05, 0.1) is 11.5 Å². The molecule has 1 heterocycles. The van der Waals surface area contributed by atoms with Crippen molar-refractivity contribution in [2.24, 2.45) is 11.1 Å². The minimum atomic E-state index is -0.450. The molecule has 4 heteroatoms. The zero-order chi connectivity index (χ0) is 12.2. The smallest absolute Gasteiger partial charge is 0.229 e. The van der Waals surface area contributed by atoms with Crippen molar-refractivity contribution >= 4 is 5.91 Å². The van der Waals surface area contributed by atoms with Crippen LogP contribution in [-0.4, -0.2) is 43.2 Å². The quantitative estimate of drug-likeness (QED) is 0.781. The van der Waals surface area contributed by atoms with Gasteiger partial charge >= 0.3 is 0 Å². The van der Waals surface area contributed by atoms with Crippen LogP contribution < -0.4 is 5.73 Å². The van der Waals surface area contributed by atoms with Gasteiger partial charge in [-0.05, 0) is 33.6 Å². The number of carbonyl (C=O) groups is 1. The maximum absolute atomic E-state index is 12.2. The summed E-state index contributed by atoms with van der Waals surface area (Å²) < 4.78 is 5.58. The monoisotopic (exact) mass is 228 g/mol. The normalized spacial score (nSPS) is 22.2. The van der Waals surface area contributed by atoms with E-state index in [0.29, 0.717) is 13.2 Å². The first kappa shape index (κ1) is 13.5. The molecule has 0 bridgehead atoms. The van der Waals surface area contributed by atoms with Crippen molar-refractivity contribution in [3.63, 3.8) is 0 Å². The van der Waals surface area contributed by atoms with Gasteiger partial charge in [0.25, 0.3) is 0 Å². The summed E-state index contributed by atoms with van der Waals surface area (Å²) >= 11 is 0. The third-order valence-corrected chi connectivity index (χ3v) is 3.16. The first-order valence-corrected chi connectivity index (χ1v) is 6.12. The van der Waals surface area contributed by atoms with Crippen molar-refractivity contribution in [2.45, 2.75) is 39.7 Å². The molecular weight excluding hydrogens is 204 g/mol. The fourth-order valence-electron chi connectivity index (χ4n) is 2.01. The summed E-state index contributed by atoms with van der Waals surface area (Å²) in [6, 6.07) is 0. The van der Waals surface area contributed by atoms with Crippen LogP contribution in [0.25, 0.3) is 0 Å². The second-order valence-corrected chi connectivity index (χ2v) is 5.06. The number of carbonyl (C=O) groups excluding carboxylic acids is 1. The Bertz CT molecular complexity index is 239. The number of nitrogens with two attached hydrogens (primary N) is 1. The lowest BCUT2D eigenvalue weighted by molar-refractivity contribution is -0.143. The van der Waals surface area contributed by atoms with Gasteiger partial charge in [0, 0.05) is 26.2 Å². The molecule has 0 aromatic rings. The Morgan fingerprint density at radius 1 is 1.56 bits per heavy atom. The molecule has 1 aliphatic heterocycles. The first-order chi connectivity index (χ1) is 7.51. The van der Waals surface area contributed by atoms with Crippen LogP contribution in [0.2, 0.25) is 0 Å². The van der Waals surface area contributed by atoms with Gasteiger partial charge in [-0.2, -0.15) is 0 Å². The molecule has 0 saturated carbocycles. The number of nitrogens with zero attached hydrogens (tertiary/aromatic N) is 1. The van der Waals surface area contributed by atoms with Crippen LogP contribution in [0.5, 0.6) is 0 Å². The topological polar surface area (TPSA) is 55.6 Å². The molecule has 0 aromatic carbocycles. The van der Waals surface area contributed by atoms with Gasteiger partial charge in [0.2, 0.25) is 5.91 Å². The number of likely N-dealkylation sites (tertiary alicyclic amines) is 1. The van der Waals surface area contributed by atoms with Crippen LogP contribution in [0.1, 0.15) is 33.6 Å². The van der Waals surface area contributed by atoms with E-state index in [9.17, 15) is 4.79 Å². The molecule has 0 aliphatic carbocycles. The van der Waals surface area contributed by atoms with Gasteiger partial charge < -0.3 is 15.4 Å². The van der Waals surface area contributed by atoms with E-state index in [1.807, 2.05) is 25.7 Å². The molecule has 1 amide bonds. The van der Waals surface area contributed by atoms with Crippen LogP contribution in [0, 0.1) is 5.41 Å². The molecule has 16 heavy (non-hydrogen) atoms. The second kappa shape index (κ2) is 5.64. The number of piperidine rings is 1. The molecule has 0 aromatic heterocycles. The highest BCUT2D eigenvalue weighted by atomic mass is 16.5. The van der Waals surface area contributed by atoms with E-state index in [0.717, 1.165) is 25.9 Å². The minimum absolute atomic E-state index is 0.152. The highest BCUT2D eigenvalue weighted by molar-refractivity contribution is 5.82. The third kappa shape index (κ3) is 3.19. The van der Waals surface area contributed by atoms with Crippen molar-refractivity contribution in [3.8, 4) is 0 Å². The fourth-order valence-corrected chi connectivity index (χ4v) is 2.01. The standard InChI is InChI=1S/C12H24N2O2/c1-4-16-10-6-5-7-14(8-10)11(15)12(2,3)9-13/h10H,4-9,13H2,1-3H3. The second-order valence-electron chi connectivity index (χ2n) is 5.06. The molecule has 1 saturated heterocycles. The number of hydrogen-bond acceptors (Lipinski definition) is 3. The summed E-state index contributed by atoms with van der Waals surface area (Å²) in [7, 11) is 0. The van der Waals surface area contributed by atoms with Gasteiger partial charge in [0.1, 0.15) is 0 Å². The molecule has 0 radical (unpaired) electrons. The van der Waals surface area contributed by atoms with Gasteiger partial charge in [-0.25, -0.2) is 0 Å². The summed E-state index contributed by atoms with van der Waals surface area (Å²) in [5.74, 6) is 0.152. The van der Waals surface area contributed by atoms with E-state index in [2.05, 4.69) is 0 Å². The Labute approximate surface area is 98.1 Å². The van der Waals surface area contributed by atoms with Crippen molar-refractivity contribution in [3.05, 3.63) is 0 Å². The van der Waals surface area contributed by atoms with Gasteiger partial charge in [-0.3, -0.25) is 4.79 Å². The minimum Gasteiger partial charge on any atom is -0.377 e. The number of rotatable bonds is 4. The molecule has 94 valence electrons. The predicted molar refractivity (Wildman–Crippen MR) is 64.1 cm³/mol. The van der Waals surface area contributed by atoms with E-state index in [1.165, 1.54) is 0 Å². The van der Waals surface area contributed by atoms with E-state index in [-0.39, 0.29) is 12.0 Å².